The Labute approximate surface area is 231 Å². The molecule has 1 fully saturated rings. The first-order chi connectivity index (χ1) is 19.1. The molecule has 40 heavy (non-hydrogen) atoms. The van der Waals surface area contributed by atoms with Crippen molar-refractivity contribution in [1.29, 1.82) is 0 Å². The zero-order valence-corrected chi connectivity index (χ0v) is 22.3. The van der Waals surface area contributed by atoms with Crippen LogP contribution in [0.3, 0.4) is 0 Å². The maximum atomic E-state index is 13.7. The minimum Gasteiger partial charge on any atom is -0.478 e. The second kappa shape index (κ2) is 11.4. The minimum absolute atomic E-state index is 0.194. The molecule has 1 N–H and O–H groups in total. The van der Waals surface area contributed by atoms with E-state index < -0.39 is 17.7 Å². The summed E-state index contributed by atoms with van der Waals surface area (Å²) in [6, 6.07) is 17.2. The van der Waals surface area contributed by atoms with Gasteiger partial charge < -0.3 is 5.11 Å². The molecule has 7 heteroatoms. The number of carboxylic acids is 1. The van der Waals surface area contributed by atoms with Gasteiger partial charge in [0.2, 0.25) is 0 Å². The summed E-state index contributed by atoms with van der Waals surface area (Å²) in [6.45, 7) is 3.76. The van der Waals surface area contributed by atoms with E-state index in [0.29, 0.717) is 36.8 Å². The van der Waals surface area contributed by atoms with E-state index in [2.05, 4.69) is 11.0 Å². The second-order valence-corrected chi connectivity index (χ2v) is 10.6. The van der Waals surface area contributed by atoms with Gasteiger partial charge in [-0.1, -0.05) is 42.5 Å². The number of benzene rings is 3. The largest absolute Gasteiger partial charge is 0.478 e. The first-order valence-corrected chi connectivity index (χ1v) is 13.5. The Hall–Kier alpha value is -3.71. The molecule has 2 aliphatic rings. The van der Waals surface area contributed by atoms with Crippen LogP contribution in [0.15, 0.2) is 66.2 Å². The quantitative estimate of drug-likeness (QED) is 0.303. The number of aromatic carboxylic acids is 1. The third-order valence-electron chi connectivity index (χ3n) is 7.58. The second-order valence-electron chi connectivity index (χ2n) is 10.6. The summed E-state index contributed by atoms with van der Waals surface area (Å²) >= 11 is 0. The summed E-state index contributed by atoms with van der Waals surface area (Å²) in [5.41, 5.74) is 7.14. The molecule has 0 unspecified atom stereocenters. The molecule has 208 valence electrons. The maximum Gasteiger partial charge on any atom is 0.416 e. The van der Waals surface area contributed by atoms with E-state index in [1.165, 1.54) is 11.6 Å². The number of hydrogen-bond donors (Lipinski definition) is 1. The van der Waals surface area contributed by atoms with Crippen molar-refractivity contribution in [1.82, 2.24) is 4.90 Å². The van der Waals surface area contributed by atoms with Crippen LogP contribution in [0.25, 0.3) is 17.2 Å². The van der Waals surface area contributed by atoms with Crippen molar-refractivity contribution >= 4 is 23.2 Å². The van der Waals surface area contributed by atoms with E-state index in [0.717, 1.165) is 59.1 Å². The molecule has 3 aromatic carbocycles. The molecule has 0 spiro atoms. The normalized spacial score (nSPS) is 15.9. The number of likely N-dealkylation sites (tertiary alicyclic amines) is 1. The molecule has 1 aliphatic heterocycles. The van der Waals surface area contributed by atoms with E-state index in [-0.39, 0.29) is 12.2 Å². The van der Waals surface area contributed by atoms with Crippen LogP contribution in [0, 0.1) is 6.92 Å². The number of allylic oxidation sites excluding steroid dienone is 1. The van der Waals surface area contributed by atoms with Crippen molar-refractivity contribution in [2.24, 2.45) is 0 Å². The summed E-state index contributed by atoms with van der Waals surface area (Å²) in [5.74, 6) is -1.01. The van der Waals surface area contributed by atoms with E-state index in [4.69, 9.17) is 0 Å². The van der Waals surface area contributed by atoms with Crippen molar-refractivity contribution in [2.75, 3.05) is 26.3 Å². The van der Waals surface area contributed by atoms with Crippen molar-refractivity contribution in [3.63, 3.8) is 0 Å². The van der Waals surface area contributed by atoms with Gasteiger partial charge in [-0.05, 0) is 107 Å². The highest BCUT2D eigenvalue weighted by Gasteiger charge is 2.32. The number of halogens is 4. The van der Waals surface area contributed by atoms with E-state index in [9.17, 15) is 27.5 Å². The molecule has 0 amide bonds. The van der Waals surface area contributed by atoms with Gasteiger partial charge in [0.05, 0.1) is 17.8 Å². The molecular weight excluding hydrogens is 518 g/mol. The summed E-state index contributed by atoms with van der Waals surface area (Å²) in [6.07, 6.45) is 0.0890. The molecule has 0 saturated carbocycles. The van der Waals surface area contributed by atoms with Gasteiger partial charge in [0.1, 0.15) is 0 Å². The van der Waals surface area contributed by atoms with Gasteiger partial charge in [-0.3, -0.25) is 9.29 Å². The lowest BCUT2D eigenvalue weighted by Gasteiger charge is -2.33. The zero-order chi connectivity index (χ0) is 28.4. The Morgan fingerprint density at radius 1 is 0.975 bits per heavy atom. The number of hydrogen-bond acceptors (Lipinski definition) is 2. The van der Waals surface area contributed by atoms with Crippen LogP contribution in [0.2, 0.25) is 0 Å². The van der Waals surface area contributed by atoms with Crippen molar-refractivity contribution in [3.05, 3.63) is 111 Å². The highest BCUT2D eigenvalue weighted by atomic mass is 19.4. The molecule has 0 atom stereocenters. The fraction of sp³-hybridized carbons (Fsp3) is 0.303. The van der Waals surface area contributed by atoms with E-state index in [1.54, 1.807) is 31.2 Å². The minimum atomic E-state index is -4.46. The Balaban J connectivity index is 1.59. The molecule has 3 aromatic rings. The SMILES string of the molecule is Cc1cc(C2=C(c3ccc(C=C4CN(CCCF)C4)cc3)c3ccc(C(=O)O)cc3CCC2)cc(C(F)(F)F)c1. The lowest BCUT2D eigenvalue weighted by molar-refractivity contribution is -0.137. The van der Waals surface area contributed by atoms with E-state index >= 15 is 0 Å². The number of rotatable bonds is 7. The summed E-state index contributed by atoms with van der Waals surface area (Å²) in [5, 5.41) is 9.55. The summed E-state index contributed by atoms with van der Waals surface area (Å²) in [7, 11) is 0. The van der Waals surface area contributed by atoms with Crippen LogP contribution in [0.1, 0.15) is 68.6 Å². The number of carboxylic acid groups (broad SMARTS) is 1. The zero-order valence-electron chi connectivity index (χ0n) is 22.3. The highest BCUT2D eigenvalue weighted by molar-refractivity contribution is 6.01. The maximum absolute atomic E-state index is 13.7. The first-order valence-electron chi connectivity index (χ1n) is 13.5. The lowest BCUT2D eigenvalue weighted by atomic mass is 9.86. The van der Waals surface area contributed by atoms with Gasteiger partial charge in [-0.25, -0.2) is 4.79 Å². The molecular formula is C33H31F4NO2. The summed E-state index contributed by atoms with van der Waals surface area (Å²) in [4.78, 5) is 13.9. The standard InChI is InChI=1S/C33H31F4NO2/c1-21-14-27(18-28(15-21)33(35,36)37)29-5-2-4-25-17-26(32(39)40)10-11-30(25)31(29)24-8-6-22(7-9-24)16-23-19-38(20-23)13-3-12-34/h6-11,14-18H,2-5,12-13,19-20H2,1H3,(H,39,40). The van der Waals surface area contributed by atoms with Crippen LogP contribution in [-0.4, -0.2) is 42.3 Å². The van der Waals surface area contributed by atoms with Gasteiger partial charge in [0.25, 0.3) is 0 Å². The Morgan fingerprint density at radius 3 is 2.40 bits per heavy atom. The Bertz CT molecular complexity index is 1480. The average Bonchev–Trinajstić information content (AvgIpc) is 3.08. The van der Waals surface area contributed by atoms with Crippen molar-refractivity contribution in [3.8, 4) is 0 Å². The third-order valence-corrected chi connectivity index (χ3v) is 7.58. The molecule has 3 nitrogen and oxygen atoms in total. The molecule has 5 rings (SSSR count). The van der Waals surface area contributed by atoms with Crippen molar-refractivity contribution < 1.29 is 27.5 Å². The third kappa shape index (κ3) is 6.04. The van der Waals surface area contributed by atoms with E-state index in [1.807, 2.05) is 24.3 Å². The average molecular weight is 550 g/mol. The van der Waals surface area contributed by atoms with Crippen LogP contribution < -0.4 is 0 Å². The van der Waals surface area contributed by atoms with Crippen LogP contribution in [0.4, 0.5) is 17.6 Å². The van der Waals surface area contributed by atoms with Crippen LogP contribution in [-0.2, 0) is 12.6 Å². The number of carbonyl (C=O) groups is 1. The van der Waals surface area contributed by atoms with Gasteiger partial charge >= 0.3 is 12.1 Å². The molecule has 0 aromatic heterocycles. The van der Waals surface area contributed by atoms with Gasteiger partial charge in [-0.2, -0.15) is 13.2 Å². The first kappa shape index (κ1) is 27.8. The Morgan fingerprint density at radius 2 is 1.73 bits per heavy atom. The predicted molar refractivity (Wildman–Crippen MR) is 150 cm³/mol. The van der Waals surface area contributed by atoms with Crippen molar-refractivity contribution in [2.45, 2.75) is 38.8 Å². The fourth-order valence-electron chi connectivity index (χ4n) is 5.70. The van der Waals surface area contributed by atoms with Gasteiger partial charge in [0, 0.05) is 19.6 Å². The molecule has 0 bridgehead atoms. The number of nitrogens with zero attached hydrogens (tertiary/aromatic N) is 1. The molecule has 0 radical (unpaired) electrons. The molecule has 1 saturated heterocycles. The fourth-order valence-corrected chi connectivity index (χ4v) is 5.70. The summed E-state index contributed by atoms with van der Waals surface area (Å²) < 4.78 is 53.7. The van der Waals surface area contributed by atoms with Gasteiger partial charge in [-0.15, -0.1) is 0 Å². The number of alkyl halides is 4. The number of aryl methyl sites for hydroxylation is 2. The number of fused-ring (bicyclic) bond motifs is 1. The topological polar surface area (TPSA) is 40.5 Å². The molecule has 1 heterocycles. The van der Waals surface area contributed by atoms with Gasteiger partial charge in [0.15, 0.2) is 0 Å². The highest BCUT2D eigenvalue weighted by Crippen LogP contribution is 2.42. The monoisotopic (exact) mass is 549 g/mol. The Kier molecular flexibility index (Phi) is 7.95. The predicted octanol–water partition coefficient (Wildman–Crippen LogP) is 8.07. The van der Waals surface area contributed by atoms with Crippen LogP contribution in [0.5, 0.6) is 0 Å². The smallest absolute Gasteiger partial charge is 0.416 e. The lowest BCUT2D eigenvalue weighted by Crippen LogP contribution is -2.40. The molecule has 1 aliphatic carbocycles. The van der Waals surface area contributed by atoms with Crippen LogP contribution >= 0.6 is 0 Å².